The Bertz CT molecular complexity index is 1410. The maximum atomic E-state index is 13.3. The highest BCUT2D eigenvalue weighted by atomic mass is 16.1. The molecular weight excluding hydrogens is 458 g/mol. The summed E-state index contributed by atoms with van der Waals surface area (Å²) >= 11 is 0. The molecule has 5 heteroatoms. The van der Waals surface area contributed by atoms with Crippen molar-refractivity contribution < 1.29 is 9.59 Å². The maximum Gasteiger partial charge on any atom is 0.250 e. The van der Waals surface area contributed by atoms with Crippen LogP contribution in [-0.2, 0) is 11.3 Å². The molecule has 0 unspecified atom stereocenters. The van der Waals surface area contributed by atoms with Crippen LogP contribution in [0.25, 0.3) is 5.57 Å². The molecule has 5 rings (SSSR count). The molecule has 1 amide bonds. The number of carbonyl (C=O) groups is 2. The summed E-state index contributed by atoms with van der Waals surface area (Å²) in [5.41, 5.74) is 4.02. The largest absolute Gasteiger partial charge is 0.323 e. The van der Waals surface area contributed by atoms with Gasteiger partial charge in [0.05, 0.1) is 24.3 Å². The number of hydrogen-bond acceptors (Lipinski definition) is 3. The predicted molar refractivity (Wildman–Crippen MR) is 151 cm³/mol. The van der Waals surface area contributed by atoms with Crippen molar-refractivity contribution >= 4 is 17.3 Å². The van der Waals surface area contributed by atoms with E-state index >= 15 is 0 Å². The summed E-state index contributed by atoms with van der Waals surface area (Å²) in [5, 5.41) is 1.43. The molecule has 0 saturated heterocycles. The minimum Gasteiger partial charge on any atom is -0.323 e. The number of hydrogen-bond donors (Lipinski definition) is 0. The van der Waals surface area contributed by atoms with Crippen LogP contribution in [0, 0.1) is 0 Å². The smallest absolute Gasteiger partial charge is 0.250 e. The summed E-state index contributed by atoms with van der Waals surface area (Å²) < 4.78 is 1.85. The Labute approximate surface area is 220 Å². The molecule has 192 valence electrons. The first-order valence-electron chi connectivity index (χ1n) is 13.1. The highest BCUT2D eigenvalue weighted by molar-refractivity contribution is 6.08. The van der Waals surface area contributed by atoms with Crippen molar-refractivity contribution in [2.24, 2.45) is 4.99 Å². The van der Waals surface area contributed by atoms with Crippen LogP contribution in [0.4, 0.5) is 0 Å². The summed E-state index contributed by atoms with van der Waals surface area (Å²) in [4.78, 5) is 33.9. The number of amides is 1. The SMILES string of the molecule is CC.CC.CC.O=C1CC(c2ccccc2)=c2cc(C(=O)c3cncn3Cc3ccccc3)ccc2=N1. The number of ketones is 1. The molecule has 5 nitrogen and oxygen atoms in total. The highest BCUT2D eigenvalue weighted by Crippen LogP contribution is 2.17. The summed E-state index contributed by atoms with van der Waals surface area (Å²) in [7, 11) is 0. The first-order valence-corrected chi connectivity index (χ1v) is 13.1. The van der Waals surface area contributed by atoms with Gasteiger partial charge in [-0.3, -0.25) is 9.59 Å². The van der Waals surface area contributed by atoms with E-state index in [1.165, 1.54) is 0 Å². The Balaban J connectivity index is 0.000000750. The molecule has 37 heavy (non-hydrogen) atoms. The zero-order valence-corrected chi connectivity index (χ0v) is 22.7. The van der Waals surface area contributed by atoms with Gasteiger partial charge in [0.25, 0.3) is 5.91 Å². The van der Waals surface area contributed by atoms with Crippen molar-refractivity contribution in [3.05, 3.63) is 124 Å². The van der Waals surface area contributed by atoms with Gasteiger partial charge in [0.1, 0.15) is 5.69 Å². The van der Waals surface area contributed by atoms with E-state index in [1.54, 1.807) is 24.7 Å². The van der Waals surface area contributed by atoms with Crippen LogP contribution < -0.4 is 10.6 Å². The third-order valence-electron chi connectivity index (χ3n) is 5.42. The molecule has 0 spiro atoms. The second-order valence-electron chi connectivity index (χ2n) is 7.48. The summed E-state index contributed by atoms with van der Waals surface area (Å²) in [5.74, 6) is -0.285. The molecule has 1 aliphatic heterocycles. The van der Waals surface area contributed by atoms with Crippen molar-refractivity contribution in [3.63, 3.8) is 0 Å². The minimum atomic E-state index is -0.175. The fourth-order valence-electron chi connectivity index (χ4n) is 3.90. The lowest BCUT2D eigenvalue weighted by Crippen LogP contribution is -2.34. The quantitative estimate of drug-likeness (QED) is 0.320. The molecule has 0 N–H and O–H groups in total. The van der Waals surface area contributed by atoms with E-state index in [4.69, 9.17) is 0 Å². The Morgan fingerprint density at radius 2 is 1.46 bits per heavy atom. The first-order chi connectivity index (χ1) is 18.2. The summed E-state index contributed by atoms with van der Waals surface area (Å²) in [6.07, 6.45) is 3.50. The van der Waals surface area contributed by atoms with E-state index in [9.17, 15) is 9.59 Å². The lowest BCUT2D eigenvalue weighted by molar-refractivity contribution is -0.117. The third-order valence-corrected chi connectivity index (χ3v) is 5.42. The van der Waals surface area contributed by atoms with E-state index < -0.39 is 0 Å². The van der Waals surface area contributed by atoms with Gasteiger partial charge < -0.3 is 4.57 Å². The van der Waals surface area contributed by atoms with Gasteiger partial charge in [-0.2, -0.15) is 0 Å². The number of carbonyl (C=O) groups excluding carboxylic acids is 2. The average molecular weight is 496 g/mol. The Morgan fingerprint density at radius 3 is 2.11 bits per heavy atom. The van der Waals surface area contributed by atoms with Crippen molar-refractivity contribution in [1.29, 1.82) is 0 Å². The van der Waals surface area contributed by atoms with Crippen LogP contribution >= 0.6 is 0 Å². The number of nitrogens with zero attached hydrogens (tertiary/aromatic N) is 3. The highest BCUT2D eigenvalue weighted by Gasteiger charge is 2.18. The Hall–Kier alpha value is -4.12. The normalized spacial score (nSPS) is 11.3. The van der Waals surface area contributed by atoms with Crippen molar-refractivity contribution in [1.82, 2.24) is 9.55 Å². The molecule has 0 radical (unpaired) electrons. The van der Waals surface area contributed by atoms with Gasteiger partial charge in [-0.25, -0.2) is 9.98 Å². The van der Waals surface area contributed by atoms with Gasteiger partial charge in [-0.1, -0.05) is 102 Å². The number of rotatable bonds is 5. The van der Waals surface area contributed by atoms with Gasteiger partial charge in [-0.15, -0.1) is 0 Å². The molecule has 0 aliphatic carbocycles. The molecule has 0 fully saturated rings. The second kappa shape index (κ2) is 15.1. The van der Waals surface area contributed by atoms with Gasteiger partial charge in [-0.05, 0) is 34.9 Å². The van der Waals surface area contributed by atoms with Gasteiger partial charge in [0, 0.05) is 17.3 Å². The monoisotopic (exact) mass is 495 g/mol. The number of imidazole rings is 1. The van der Waals surface area contributed by atoms with Crippen molar-refractivity contribution in [2.45, 2.75) is 54.5 Å². The average Bonchev–Trinajstić information content (AvgIpc) is 3.44. The van der Waals surface area contributed by atoms with Gasteiger partial charge in [0.2, 0.25) is 5.78 Å². The standard InChI is InChI=1S/C26H19N3O2.3C2H6/c30-25-14-21(19-9-5-2-6-10-19)22-13-20(11-12-23(22)28-25)26(31)24-15-27-17-29(24)16-18-7-3-1-4-8-18;3*1-2/h1-13,15,17H,14,16H2;3*1-2H3. The molecular formula is C32H37N3O2. The molecule has 1 aliphatic rings. The van der Waals surface area contributed by atoms with E-state index in [2.05, 4.69) is 9.98 Å². The summed E-state index contributed by atoms with van der Waals surface area (Å²) in [6, 6.07) is 25.0. The van der Waals surface area contributed by atoms with Crippen LogP contribution in [0.2, 0.25) is 0 Å². The van der Waals surface area contributed by atoms with Crippen LogP contribution in [0.3, 0.4) is 0 Å². The molecule has 2 heterocycles. The minimum absolute atomic E-state index is 0.111. The number of fused-ring (bicyclic) bond motifs is 1. The fraction of sp³-hybridized carbons (Fsp3) is 0.250. The Morgan fingerprint density at radius 1 is 0.838 bits per heavy atom. The molecule has 4 aromatic rings. The van der Waals surface area contributed by atoms with E-state index in [-0.39, 0.29) is 18.1 Å². The number of aromatic nitrogens is 2. The predicted octanol–water partition coefficient (Wildman–Crippen LogP) is 5.99. The molecule has 1 aromatic heterocycles. The zero-order valence-electron chi connectivity index (χ0n) is 22.7. The zero-order chi connectivity index (χ0) is 27.2. The topological polar surface area (TPSA) is 64.3 Å². The summed E-state index contributed by atoms with van der Waals surface area (Å²) in [6.45, 7) is 12.6. The maximum absolute atomic E-state index is 13.3. The van der Waals surface area contributed by atoms with E-state index in [0.717, 1.165) is 21.9 Å². The first kappa shape index (κ1) is 29.1. The van der Waals surface area contributed by atoms with E-state index in [1.807, 2.05) is 113 Å². The second-order valence-corrected chi connectivity index (χ2v) is 7.48. The fourth-order valence-corrected chi connectivity index (χ4v) is 3.90. The van der Waals surface area contributed by atoms with Crippen molar-refractivity contribution in [2.75, 3.05) is 0 Å². The molecule has 0 bridgehead atoms. The van der Waals surface area contributed by atoms with Crippen molar-refractivity contribution in [3.8, 4) is 0 Å². The third kappa shape index (κ3) is 7.20. The molecule has 0 atom stereocenters. The Kier molecular flexibility index (Phi) is 11.9. The lowest BCUT2D eigenvalue weighted by atomic mass is 9.95. The lowest BCUT2D eigenvalue weighted by Gasteiger charge is -2.12. The van der Waals surface area contributed by atoms with Crippen LogP contribution in [-0.4, -0.2) is 21.2 Å². The van der Waals surface area contributed by atoms with Gasteiger partial charge in [0.15, 0.2) is 0 Å². The van der Waals surface area contributed by atoms with E-state index in [0.29, 0.717) is 23.2 Å². The number of benzene rings is 3. The van der Waals surface area contributed by atoms with Crippen LogP contribution in [0.1, 0.15) is 75.1 Å². The molecule has 0 saturated carbocycles. The van der Waals surface area contributed by atoms with Gasteiger partial charge >= 0.3 is 0 Å². The van der Waals surface area contributed by atoms with Crippen LogP contribution in [0.15, 0.2) is 96.4 Å². The van der Waals surface area contributed by atoms with Crippen LogP contribution in [0.5, 0.6) is 0 Å². The molecule has 3 aromatic carbocycles.